The van der Waals surface area contributed by atoms with Crippen LogP contribution in [0.2, 0.25) is 0 Å². The fraction of sp³-hybridized carbons (Fsp3) is 0.645. The second-order valence-electron chi connectivity index (χ2n) is 11.5. The highest BCUT2D eigenvalue weighted by molar-refractivity contribution is 5.95. The fourth-order valence-corrected chi connectivity index (χ4v) is 6.11. The summed E-state index contributed by atoms with van der Waals surface area (Å²) >= 11 is 0. The molecule has 0 aliphatic carbocycles. The van der Waals surface area contributed by atoms with E-state index in [1.165, 1.54) is 15.3 Å². The van der Waals surface area contributed by atoms with Crippen molar-refractivity contribution in [3.63, 3.8) is 0 Å². The van der Waals surface area contributed by atoms with Crippen LogP contribution in [0.3, 0.4) is 0 Å². The second-order valence-corrected chi connectivity index (χ2v) is 11.5. The maximum atomic E-state index is 13.6. The standard InChI is InChI=1S/C31H42N2O8/c1-22-20-33(30(36)32(29(22)35)16-8-5-13-24(34)23-11-3-2-4-12-23)27-19-31(37,25-14-6-9-17-38-25)26(41-27)21-40-28-15-7-10-18-39-28/h2-4,11-12,20,25-28,37H,5-10,13-19,21H2,1H3/t25?,26-,27-,28?,31-/m1/s1. The van der Waals surface area contributed by atoms with Gasteiger partial charge in [0.05, 0.1) is 12.7 Å². The Bertz CT molecular complexity index is 1280. The number of benzene rings is 1. The van der Waals surface area contributed by atoms with Crippen molar-refractivity contribution in [1.29, 1.82) is 0 Å². The number of ketones is 1. The number of unbranched alkanes of at least 4 members (excludes halogenated alkanes) is 1. The highest BCUT2D eigenvalue weighted by Gasteiger charge is 2.54. The molecule has 3 fully saturated rings. The van der Waals surface area contributed by atoms with Gasteiger partial charge in [-0.1, -0.05) is 30.3 Å². The van der Waals surface area contributed by atoms with Crippen LogP contribution in [0.15, 0.2) is 46.1 Å². The Hall–Kier alpha value is -2.63. The molecule has 41 heavy (non-hydrogen) atoms. The van der Waals surface area contributed by atoms with Crippen LogP contribution in [-0.4, -0.2) is 63.9 Å². The van der Waals surface area contributed by atoms with Gasteiger partial charge in [0.25, 0.3) is 5.56 Å². The molecule has 0 bridgehead atoms. The van der Waals surface area contributed by atoms with E-state index in [0.29, 0.717) is 50.0 Å². The van der Waals surface area contributed by atoms with Crippen molar-refractivity contribution in [3.05, 3.63) is 68.5 Å². The van der Waals surface area contributed by atoms with Gasteiger partial charge in [0, 0.05) is 49.9 Å². The van der Waals surface area contributed by atoms with Crippen LogP contribution in [-0.2, 0) is 25.5 Å². The third kappa shape index (κ3) is 6.89. The number of Topliss-reactive ketones (excluding diaryl/α,β-unsaturated/α-hetero) is 1. The summed E-state index contributed by atoms with van der Waals surface area (Å²) in [5.74, 6) is 0.0371. The molecule has 5 rings (SSSR count). The number of hydrogen-bond donors (Lipinski definition) is 1. The zero-order valence-electron chi connectivity index (χ0n) is 23.9. The number of carbonyl (C=O) groups is 1. The second kappa shape index (κ2) is 13.6. The molecule has 3 aliphatic heterocycles. The van der Waals surface area contributed by atoms with Gasteiger partial charge in [-0.05, 0) is 58.3 Å². The Balaban J connectivity index is 1.30. The number of ether oxygens (including phenoxy) is 4. The average Bonchev–Trinajstić information content (AvgIpc) is 3.35. The van der Waals surface area contributed by atoms with Crippen molar-refractivity contribution >= 4 is 5.78 Å². The molecule has 3 saturated heterocycles. The van der Waals surface area contributed by atoms with E-state index in [9.17, 15) is 19.5 Å². The number of carbonyl (C=O) groups excluding carboxylic acids is 1. The monoisotopic (exact) mass is 570 g/mol. The van der Waals surface area contributed by atoms with Gasteiger partial charge in [0.1, 0.15) is 17.9 Å². The molecule has 0 spiro atoms. The summed E-state index contributed by atoms with van der Waals surface area (Å²) in [5.41, 5.74) is -1.15. The van der Waals surface area contributed by atoms with Gasteiger partial charge in [-0.3, -0.25) is 18.7 Å². The Kier molecular flexibility index (Phi) is 9.87. The van der Waals surface area contributed by atoms with Crippen molar-refractivity contribution in [3.8, 4) is 0 Å². The van der Waals surface area contributed by atoms with E-state index in [0.717, 1.165) is 32.1 Å². The lowest BCUT2D eigenvalue weighted by Crippen LogP contribution is -2.53. The quantitative estimate of drug-likeness (QED) is 0.322. The minimum absolute atomic E-state index is 0.0371. The van der Waals surface area contributed by atoms with E-state index in [4.69, 9.17) is 18.9 Å². The predicted octanol–water partition coefficient (Wildman–Crippen LogP) is 3.50. The molecule has 3 aliphatic rings. The molecule has 4 heterocycles. The van der Waals surface area contributed by atoms with Gasteiger partial charge in [-0.15, -0.1) is 0 Å². The van der Waals surface area contributed by atoms with Gasteiger partial charge in [0.15, 0.2) is 12.1 Å². The Morgan fingerprint density at radius 3 is 2.51 bits per heavy atom. The van der Waals surface area contributed by atoms with E-state index in [2.05, 4.69) is 0 Å². The molecule has 1 N–H and O–H groups in total. The summed E-state index contributed by atoms with van der Waals surface area (Å²) in [7, 11) is 0. The first-order valence-electron chi connectivity index (χ1n) is 15.0. The molecular formula is C31H42N2O8. The van der Waals surface area contributed by atoms with Crippen molar-refractivity contribution in [2.45, 2.75) is 108 Å². The summed E-state index contributed by atoms with van der Waals surface area (Å²) in [6.45, 7) is 3.18. The molecule has 0 saturated carbocycles. The third-order valence-electron chi connectivity index (χ3n) is 8.50. The first kappa shape index (κ1) is 29.8. The molecule has 2 aromatic rings. The van der Waals surface area contributed by atoms with Gasteiger partial charge in [-0.25, -0.2) is 4.79 Å². The van der Waals surface area contributed by atoms with Crippen molar-refractivity contribution < 1.29 is 28.8 Å². The van der Waals surface area contributed by atoms with E-state index in [1.54, 1.807) is 19.1 Å². The van der Waals surface area contributed by atoms with E-state index >= 15 is 0 Å². The largest absolute Gasteiger partial charge is 0.384 e. The number of hydrogen-bond acceptors (Lipinski definition) is 8. The Labute approximate surface area is 240 Å². The molecule has 1 aromatic heterocycles. The van der Waals surface area contributed by atoms with E-state index in [1.807, 2.05) is 18.2 Å². The molecule has 0 radical (unpaired) electrons. The average molecular weight is 571 g/mol. The lowest BCUT2D eigenvalue weighted by Gasteiger charge is -2.38. The maximum absolute atomic E-state index is 13.6. The fourth-order valence-electron chi connectivity index (χ4n) is 6.11. The normalized spacial score (nSPS) is 28.5. The minimum Gasteiger partial charge on any atom is -0.384 e. The summed E-state index contributed by atoms with van der Waals surface area (Å²) in [6.07, 6.45) is 6.13. The van der Waals surface area contributed by atoms with Gasteiger partial charge in [0.2, 0.25) is 0 Å². The van der Waals surface area contributed by atoms with E-state index in [-0.39, 0.29) is 37.2 Å². The summed E-state index contributed by atoms with van der Waals surface area (Å²) < 4.78 is 26.7. The first-order valence-corrected chi connectivity index (χ1v) is 15.0. The number of aryl methyl sites for hydroxylation is 1. The molecule has 224 valence electrons. The van der Waals surface area contributed by atoms with Crippen LogP contribution in [0, 0.1) is 6.92 Å². The summed E-state index contributed by atoms with van der Waals surface area (Å²) in [4.78, 5) is 39.0. The highest BCUT2D eigenvalue weighted by atomic mass is 16.7. The van der Waals surface area contributed by atoms with Gasteiger partial charge < -0.3 is 24.1 Å². The van der Waals surface area contributed by atoms with Gasteiger partial charge >= 0.3 is 5.69 Å². The minimum atomic E-state index is -1.36. The summed E-state index contributed by atoms with van der Waals surface area (Å²) in [5, 5.41) is 12.0. The van der Waals surface area contributed by atoms with Crippen LogP contribution in [0.25, 0.3) is 0 Å². The molecule has 1 aromatic carbocycles. The zero-order valence-corrected chi connectivity index (χ0v) is 23.9. The Morgan fingerprint density at radius 2 is 1.80 bits per heavy atom. The molecule has 0 amide bonds. The number of aromatic nitrogens is 2. The molecule has 10 heteroatoms. The summed E-state index contributed by atoms with van der Waals surface area (Å²) in [6, 6.07) is 9.09. The first-order chi connectivity index (χ1) is 19.9. The number of nitrogens with zero attached hydrogens (tertiary/aromatic N) is 2. The highest BCUT2D eigenvalue weighted by Crippen LogP contribution is 2.42. The van der Waals surface area contributed by atoms with Crippen LogP contribution >= 0.6 is 0 Å². The van der Waals surface area contributed by atoms with E-state index < -0.39 is 29.7 Å². The number of rotatable bonds is 11. The molecule has 5 atom stereocenters. The van der Waals surface area contributed by atoms with Gasteiger partial charge in [-0.2, -0.15) is 0 Å². The maximum Gasteiger partial charge on any atom is 0.333 e. The third-order valence-corrected chi connectivity index (χ3v) is 8.50. The lowest BCUT2D eigenvalue weighted by atomic mass is 9.85. The van der Waals surface area contributed by atoms with Crippen LogP contribution < -0.4 is 11.2 Å². The smallest absolute Gasteiger partial charge is 0.333 e. The molecule has 2 unspecified atom stereocenters. The van der Waals surface area contributed by atoms with Crippen molar-refractivity contribution in [1.82, 2.24) is 9.13 Å². The SMILES string of the molecule is Cc1cn([C@H]2C[C@@](O)(C3CCCCO3)[C@@H](COC3CCCCO3)O2)c(=O)n(CCCCC(=O)c2ccccc2)c1=O. The van der Waals surface area contributed by atoms with Crippen molar-refractivity contribution in [2.75, 3.05) is 19.8 Å². The zero-order chi connectivity index (χ0) is 28.8. The Morgan fingerprint density at radius 1 is 1.05 bits per heavy atom. The topological polar surface area (TPSA) is 118 Å². The number of aliphatic hydroxyl groups is 1. The molecule has 10 nitrogen and oxygen atoms in total. The van der Waals surface area contributed by atoms with Crippen molar-refractivity contribution in [2.24, 2.45) is 0 Å². The van der Waals surface area contributed by atoms with Crippen LogP contribution in [0.4, 0.5) is 0 Å². The lowest BCUT2D eigenvalue weighted by molar-refractivity contribution is -0.210. The predicted molar refractivity (Wildman–Crippen MR) is 151 cm³/mol. The molecular weight excluding hydrogens is 528 g/mol. The van der Waals surface area contributed by atoms with Crippen LogP contribution in [0.1, 0.15) is 86.4 Å². The van der Waals surface area contributed by atoms with Crippen LogP contribution in [0.5, 0.6) is 0 Å².